The fourth-order valence-corrected chi connectivity index (χ4v) is 4.32. The van der Waals surface area contributed by atoms with E-state index in [-0.39, 0.29) is 6.23 Å². The highest BCUT2D eigenvalue weighted by molar-refractivity contribution is 8.17. The van der Waals surface area contributed by atoms with E-state index >= 15 is 0 Å². The zero-order chi connectivity index (χ0) is 22.5. The van der Waals surface area contributed by atoms with E-state index in [0.29, 0.717) is 0 Å². The topological polar surface area (TPSA) is 42.8 Å². The molecule has 0 radical (unpaired) electrons. The van der Waals surface area contributed by atoms with E-state index in [1.165, 1.54) is 10.8 Å². The Morgan fingerprint density at radius 2 is 1.70 bits per heavy atom. The molecular formula is C28H24N2O2S. The van der Waals surface area contributed by atoms with Gasteiger partial charge >= 0.3 is 0 Å². The van der Waals surface area contributed by atoms with Crippen molar-refractivity contribution in [3.63, 3.8) is 0 Å². The Morgan fingerprint density at radius 1 is 1.00 bits per heavy atom. The van der Waals surface area contributed by atoms with Crippen molar-refractivity contribution in [1.82, 2.24) is 0 Å². The zero-order valence-corrected chi connectivity index (χ0v) is 19.1. The van der Waals surface area contributed by atoms with Crippen LogP contribution in [0.1, 0.15) is 13.3 Å². The van der Waals surface area contributed by atoms with Gasteiger partial charge in [0.15, 0.2) is 17.4 Å². The Kier molecular flexibility index (Phi) is 6.31. The van der Waals surface area contributed by atoms with E-state index in [9.17, 15) is 0 Å². The molecule has 6 rings (SSSR count). The quantitative estimate of drug-likeness (QED) is 0.449. The van der Waals surface area contributed by atoms with E-state index in [1.54, 1.807) is 11.8 Å². The minimum Gasteiger partial charge on any atom is -0.462 e. The number of benzene rings is 3. The van der Waals surface area contributed by atoms with Gasteiger partial charge in [0.1, 0.15) is 5.04 Å². The molecule has 0 saturated heterocycles. The standard InChI is InChI=1S/C18H16N2O2S.C10H8/c1-2-12(10-16-19-13-6-3-4-7-14(13)21-16)11-17-20-18-15(22-17)8-5-9-23-18;1-2-6-10-8-4-3-7-9(10)5-1/h3-11,17,19H,2H2,1H3;1-8H. The van der Waals surface area contributed by atoms with Crippen molar-refractivity contribution < 1.29 is 9.47 Å². The first-order valence-electron chi connectivity index (χ1n) is 11.0. The molecule has 1 atom stereocenters. The maximum Gasteiger partial charge on any atom is 0.210 e. The first-order valence-corrected chi connectivity index (χ1v) is 11.8. The van der Waals surface area contributed by atoms with Crippen LogP contribution >= 0.6 is 11.8 Å². The third-order valence-electron chi connectivity index (χ3n) is 5.31. The summed E-state index contributed by atoms with van der Waals surface area (Å²) >= 11 is 1.59. The van der Waals surface area contributed by atoms with Crippen LogP contribution in [0.5, 0.6) is 5.75 Å². The van der Waals surface area contributed by atoms with Crippen LogP contribution in [0.4, 0.5) is 5.69 Å². The molecule has 1 N–H and O–H groups in total. The molecule has 0 saturated carbocycles. The molecule has 3 heterocycles. The third kappa shape index (κ3) is 5.04. The van der Waals surface area contributed by atoms with E-state index in [0.717, 1.165) is 40.1 Å². The second-order valence-corrected chi connectivity index (χ2v) is 8.49. The van der Waals surface area contributed by atoms with E-state index in [2.05, 4.69) is 65.8 Å². The summed E-state index contributed by atoms with van der Waals surface area (Å²) < 4.78 is 11.6. The van der Waals surface area contributed by atoms with Crippen molar-refractivity contribution >= 4 is 33.3 Å². The van der Waals surface area contributed by atoms with Gasteiger partial charge in [0.2, 0.25) is 6.23 Å². The lowest BCUT2D eigenvalue weighted by Gasteiger charge is -2.07. The molecule has 0 bridgehead atoms. The van der Waals surface area contributed by atoms with Gasteiger partial charge in [0.05, 0.1) is 5.69 Å². The number of nitrogens with zero attached hydrogens (tertiary/aromatic N) is 1. The largest absolute Gasteiger partial charge is 0.462 e. The van der Waals surface area contributed by atoms with Crippen LogP contribution in [0.15, 0.2) is 125 Å². The van der Waals surface area contributed by atoms with Gasteiger partial charge in [-0.2, -0.15) is 0 Å². The normalized spacial score (nSPS) is 19.4. The Bertz CT molecular complexity index is 1230. The molecule has 0 aromatic heterocycles. The van der Waals surface area contributed by atoms with Crippen LogP contribution in [-0.2, 0) is 4.74 Å². The van der Waals surface area contributed by atoms with E-state index in [1.807, 2.05) is 54.0 Å². The number of fused-ring (bicyclic) bond motifs is 3. The number of anilines is 1. The van der Waals surface area contributed by atoms with Crippen molar-refractivity contribution in [3.05, 3.63) is 120 Å². The predicted molar refractivity (Wildman–Crippen MR) is 138 cm³/mol. The second-order valence-electron chi connectivity index (χ2n) is 7.59. The fraction of sp³-hybridized carbons (Fsp3) is 0.107. The molecule has 33 heavy (non-hydrogen) atoms. The first kappa shape index (κ1) is 21.2. The van der Waals surface area contributed by atoms with E-state index < -0.39 is 0 Å². The summed E-state index contributed by atoms with van der Waals surface area (Å²) in [5.74, 6) is 2.44. The molecule has 0 aliphatic carbocycles. The summed E-state index contributed by atoms with van der Waals surface area (Å²) in [6.07, 6.45) is 8.57. The second kappa shape index (κ2) is 9.84. The van der Waals surface area contributed by atoms with Gasteiger partial charge in [-0.25, -0.2) is 4.99 Å². The number of nitrogens with one attached hydrogen (secondary N) is 1. The van der Waals surface area contributed by atoms with Crippen molar-refractivity contribution in [2.75, 3.05) is 5.32 Å². The minimum atomic E-state index is -0.265. The van der Waals surface area contributed by atoms with Crippen LogP contribution in [0.2, 0.25) is 0 Å². The van der Waals surface area contributed by atoms with Gasteiger partial charge in [-0.05, 0) is 52.5 Å². The highest BCUT2D eigenvalue weighted by atomic mass is 32.2. The Hall–Kier alpha value is -3.70. The maximum atomic E-state index is 5.84. The number of allylic oxidation sites excluding steroid dienone is 4. The lowest BCUT2D eigenvalue weighted by molar-refractivity contribution is 0.197. The molecular weight excluding hydrogens is 428 g/mol. The minimum absolute atomic E-state index is 0.265. The first-order chi connectivity index (χ1) is 16.3. The van der Waals surface area contributed by atoms with Gasteiger partial charge in [-0.15, -0.1) is 0 Å². The number of para-hydroxylation sites is 2. The van der Waals surface area contributed by atoms with Gasteiger partial charge in [0, 0.05) is 6.08 Å². The molecule has 0 amide bonds. The predicted octanol–water partition coefficient (Wildman–Crippen LogP) is 7.41. The Labute approximate surface area is 198 Å². The average molecular weight is 453 g/mol. The number of hydrogen-bond donors (Lipinski definition) is 1. The summed E-state index contributed by atoms with van der Waals surface area (Å²) in [6, 6.07) is 24.6. The van der Waals surface area contributed by atoms with Crippen molar-refractivity contribution in [3.8, 4) is 5.75 Å². The molecule has 5 heteroatoms. The van der Waals surface area contributed by atoms with Gasteiger partial charge in [0.25, 0.3) is 0 Å². The van der Waals surface area contributed by atoms with Crippen LogP contribution in [0.3, 0.4) is 0 Å². The lowest BCUT2D eigenvalue weighted by atomic mass is 10.1. The van der Waals surface area contributed by atoms with Crippen molar-refractivity contribution in [1.29, 1.82) is 0 Å². The number of hydrogen-bond acceptors (Lipinski definition) is 5. The number of thioether (sulfide) groups is 1. The van der Waals surface area contributed by atoms with Crippen LogP contribution in [-0.4, -0.2) is 11.3 Å². The molecule has 3 aromatic rings. The molecule has 0 spiro atoms. The maximum absolute atomic E-state index is 5.84. The van der Waals surface area contributed by atoms with Crippen molar-refractivity contribution in [2.24, 2.45) is 4.99 Å². The molecule has 3 aromatic carbocycles. The van der Waals surface area contributed by atoms with Gasteiger partial charge < -0.3 is 14.8 Å². The summed E-state index contributed by atoms with van der Waals surface area (Å²) in [6.45, 7) is 2.11. The zero-order valence-electron chi connectivity index (χ0n) is 18.3. The molecule has 164 valence electrons. The number of aliphatic imine (C=N–C) groups is 1. The highest BCUT2D eigenvalue weighted by Gasteiger charge is 2.23. The summed E-state index contributed by atoms with van der Waals surface area (Å²) in [4.78, 5) is 4.58. The molecule has 0 fully saturated rings. The van der Waals surface area contributed by atoms with Crippen LogP contribution < -0.4 is 10.1 Å². The number of ether oxygens (including phenoxy) is 2. The molecule has 3 aliphatic heterocycles. The van der Waals surface area contributed by atoms with Crippen LogP contribution in [0.25, 0.3) is 10.8 Å². The summed E-state index contributed by atoms with van der Waals surface area (Å²) in [5.41, 5.74) is 2.11. The monoisotopic (exact) mass is 452 g/mol. The molecule has 3 aliphatic rings. The van der Waals surface area contributed by atoms with E-state index in [4.69, 9.17) is 9.47 Å². The fourth-order valence-electron chi connectivity index (χ4n) is 3.64. The highest BCUT2D eigenvalue weighted by Crippen LogP contribution is 2.34. The number of rotatable bonds is 3. The van der Waals surface area contributed by atoms with Crippen molar-refractivity contribution in [2.45, 2.75) is 19.6 Å². The summed E-state index contributed by atoms with van der Waals surface area (Å²) in [5, 5.41) is 8.84. The summed E-state index contributed by atoms with van der Waals surface area (Å²) in [7, 11) is 0. The molecule has 1 unspecified atom stereocenters. The smallest absolute Gasteiger partial charge is 0.210 e. The Balaban J connectivity index is 0.000000190. The SMILES string of the molecule is CCC(=CC1N=C2SC=CC=C2O1)C=C1Nc2ccccc2O1.c1ccc2ccccc2c1. The lowest BCUT2D eigenvalue weighted by Crippen LogP contribution is -2.02. The Morgan fingerprint density at radius 3 is 2.36 bits per heavy atom. The average Bonchev–Trinajstić information content (AvgIpc) is 3.47. The van der Waals surface area contributed by atoms with Gasteiger partial charge in [-0.1, -0.05) is 85.4 Å². The molecule has 4 nitrogen and oxygen atoms in total. The van der Waals surface area contributed by atoms with Gasteiger partial charge in [-0.3, -0.25) is 0 Å². The van der Waals surface area contributed by atoms with Crippen LogP contribution in [0, 0.1) is 0 Å². The third-order valence-corrected chi connectivity index (χ3v) is 6.14.